The molecule has 0 saturated heterocycles. The zero-order valence-electron chi connectivity index (χ0n) is 26.3. The Balaban J connectivity index is 1.16. The maximum atomic E-state index is 6.35. The van der Waals surface area contributed by atoms with Crippen LogP contribution >= 0.6 is 0 Å². The third kappa shape index (κ3) is 4.92. The number of rotatable bonds is 6. The summed E-state index contributed by atoms with van der Waals surface area (Å²) in [6.07, 6.45) is 0. The van der Waals surface area contributed by atoms with Crippen molar-refractivity contribution in [3.05, 3.63) is 188 Å². The quantitative estimate of drug-likeness (QED) is 0.185. The van der Waals surface area contributed by atoms with E-state index in [0.29, 0.717) is 0 Å². The van der Waals surface area contributed by atoms with Crippen LogP contribution in [0.3, 0.4) is 0 Å². The lowest BCUT2D eigenvalue weighted by atomic mass is 9.95. The molecule has 48 heavy (non-hydrogen) atoms. The lowest BCUT2D eigenvalue weighted by Gasteiger charge is -2.28. The molecule has 1 aromatic heterocycles. The van der Waals surface area contributed by atoms with Crippen molar-refractivity contribution in [3.8, 4) is 33.4 Å². The van der Waals surface area contributed by atoms with Gasteiger partial charge in [-0.25, -0.2) is 0 Å². The van der Waals surface area contributed by atoms with Gasteiger partial charge in [0.2, 0.25) is 0 Å². The molecular formula is C46H31NO. The first-order chi connectivity index (χ1) is 23.8. The molecule has 226 valence electrons. The highest BCUT2D eigenvalue weighted by atomic mass is 16.3. The highest BCUT2D eigenvalue weighted by Crippen LogP contribution is 2.43. The van der Waals surface area contributed by atoms with Gasteiger partial charge in [-0.3, -0.25) is 0 Å². The molecule has 0 aliphatic carbocycles. The summed E-state index contributed by atoms with van der Waals surface area (Å²) < 4.78 is 6.35. The summed E-state index contributed by atoms with van der Waals surface area (Å²) in [4.78, 5) is 2.34. The molecule has 8 aromatic carbocycles. The van der Waals surface area contributed by atoms with Gasteiger partial charge in [0.05, 0.1) is 5.69 Å². The van der Waals surface area contributed by atoms with E-state index in [1.807, 2.05) is 12.1 Å². The minimum atomic E-state index is 0.873. The summed E-state index contributed by atoms with van der Waals surface area (Å²) in [5, 5.41) is 4.76. The molecule has 0 N–H and O–H groups in total. The SMILES string of the molecule is c1ccc(-c2ccccc2N(c2ccc(-c3cccc(-c4cccc5ccccc45)c3)cc2)c2ccc3c(c2)oc2ccccc23)cc1. The molecule has 0 unspecified atom stereocenters. The van der Waals surface area contributed by atoms with Gasteiger partial charge in [0.25, 0.3) is 0 Å². The van der Waals surface area contributed by atoms with Crippen molar-refractivity contribution < 1.29 is 4.42 Å². The molecule has 9 rings (SSSR count). The van der Waals surface area contributed by atoms with Gasteiger partial charge in [0.15, 0.2) is 0 Å². The van der Waals surface area contributed by atoms with Crippen molar-refractivity contribution in [2.75, 3.05) is 4.90 Å². The normalized spacial score (nSPS) is 11.3. The smallest absolute Gasteiger partial charge is 0.137 e. The van der Waals surface area contributed by atoms with Gasteiger partial charge < -0.3 is 9.32 Å². The second-order valence-electron chi connectivity index (χ2n) is 12.2. The van der Waals surface area contributed by atoms with E-state index in [4.69, 9.17) is 4.42 Å². The number of nitrogens with zero attached hydrogens (tertiary/aromatic N) is 1. The number of furan rings is 1. The van der Waals surface area contributed by atoms with Crippen LogP contribution in [-0.2, 0) is 0 Å². The van der Waals surface area contributed by atoms with E-state index in [0.717, 1.165) is 44.6 Å². The van der Waals surface area contributed by atoms with E-state index in [1.165, 1.54) is 38.6 Å². The predicted molar refractivity (Wildman–Crippen MR) is 202 cm³/mol. The van der Waals surface area contributed by atoms with Crippen LogP contribution < -0.4 is 4.90 Å². The molecule has 0 bridgehead atoms. The Bertz CT molecular complexity index is 2560. The van der Waals surface area contributed by atoms with Crippen LogP contribution in [0.5, 0.6) is 0 Å². The Morgan fingerprint density at radius 2 is 0.958 bits per heavy atom. The minimum Gasteiger partial charge on any atom is -0.456 e. The van der Waals surface area contributed by atoms with Crippen molar-refractivity contribution in [1.82, 2.24) is 0 Å². The highest BCUT2D eigenvalue weighted by molar-refractivity contribution is 6.06. The van der Waals surface area contributed by atoms with Crippen LogP contribution in [0.2, 0.25) is 0 Å². The maximum Gasteiger partial charge on any atom is 0.137 e. The molecule has 2 nitrogen and oxygen atoms in total. The van der Waals surface area contributed by atoms with Crippen LogP contribution in [-0.4, -0.2) is 0 Å². The largest absolute Gasteiger partial charge is 0.456 e. The molecule has 0 radical (unpaired) electrons. The van der Waals surface area contributed by atoms with Crippen molar-refractivity contribution in [1.29, 1.82) is 0 Å². The minimum absolute atomic E-state index is 0.873. The summed E-state index contributed by atoms with van der Waals surface area (Å²) in [5.74, 6) is 0. The molecule has 0 spiro atoms. The number of anilines is 3. The third-order valence-corrected chi connectivity index (χ3v) is 9.27. The molecular weight excluding hydrogens is 583 g/mol. The van der Waals surface area contributed by atoms with Gasteiger partial charge in [-0.1, -0.05) is 140 Å². The fourth-order valence-electron chi connectivity index (χ4n) is 6.96. The van der Waals surface area contributed by atoms with Gasteiger partial charge in [-0.15, -0.1) is 0 Å². The van der Waals surface area contributed by atoms with E-state index in [2.05, 4.69) is 181 Å². The fraction of sp³-hybridized carbons (Fsp3) is 0. The van der Waals surface area contributed by atoms with Gasteiger partial charge in [0, 0.05) is 33.8 Å². The van der Waals surface area contributed by atoms with E-state index in [1.54, 1.807) is 0 Å². The summed E-state index contributed by atoms with van der Waals surface area (Å²) in [6, 6.07) is 66.9. The first-order valence-electron chi connectivity index (χ1n) is 16.3. The van der Waals surface area contributed by atoms with Gasteiger partial charge in [0.1, 0.15) is 11.2 Å². The van der Waals surface area contributed by atoms with Crippen molar-refractivity contribution in [3.63, 3.8) is 0 Å². The van der Waals surface area contributed by atoms with Crippen molar-refractivity contribution >= 4 is 49.8 Å². The Hall–Kier alpha value is -6.38. The van der Waals surface area contributed by atoms with Crippen LogP contribution in [0, 0.1) is 0 Å². The maximum absolute atomic E-state index is 6.35. The summed E-state index contributed by atoms with van der Waals surface area (Å²) in [6.45, 7) is 0. The number of hydrogen-bond donors (Lipinski definition) is 0. The fourth-order valence-corrected chi connectivity index (χ4v) is 6.96. The highest BCUT2D eigenvalue weighted by Gasteiger charge is 2.19. The average Bonchev–Trinajstić information content (AvgIpc) is 3.54. The molecule has 2 heteroatoms. The van der Waals surface area contributed by atoms with E-state index < -0.39 is 0 Å². The Morgan fingerprint density at radius 1 is 0.333 bits per heavy atom. The van der Waals surface area contributed by atoms with Crippen molar-refractivity contribution in [2.24, 2.45) is 0 Å². The topological polar surface area (TPSA) is 16.4 Å². The third-order valence-electron chi connectivity index (χ3n) is 9.27. The monoisotopic (exact) mass is 613 g/mol. The molecule has 0 fully saturated rings. The van der Waals surface area contributed by atoms with E-state index >= 15 is 0 Å². The summed E-state index contributed by atoms with van der Waals surface area (Å²) >= 11 is 0. The first-order valence-corrected chi connectivity index (χ1v) is 16.3. The zero-order chi connectivity index (χ0) is 31.9. The molecule has 9 aromatic rings. The van der Waals surface area contributed by atoms with E-state index in [9.17, 15) is 0 Å². The molecule has 0 saturated carbocycles. The Kier molecular flexibility index (Phi) is 6.84. The van der Waals surface area contributed by atoms with E-state index in [-0.39, 0.29) is 0 Å². The summed E-state index contributed by atoms with van der Waals surface area (Å²) in [5.41, 5.74) is 12.1. The Morgan fingerprint density at radius 3 is 1.85 bits per heavy atom. The number of hydrogen-bond acceptors (Lipinski definition) is 2. The second-order valence-corrected chi connectivity index (χ2v) is 12.2. The second kappa shape index (κ2) is 11.8. The lowest BCUT2D eigenvalue weighted by molar-refractivity contribution is 0.669. The lowest BCUT2D eigenvalue weighted by Crippen LogP contribution is -2.11. The average molecular weight is 614 g/mol. The zero-order valence-corrected chi connectivity index (χ0v) is 26.3. The van der Waals surface area contributed by atoms with Crippen LogP contribution in [0.1, 0.15) is 0 Å². The van der Waals surface area contributed by atoms with Crippen LogP contribution in [0.25, 0.3) is 66.1 Å². The predicted octanol–water partition coefficient (Wildman–Crippen LogP) is 13.2. The molecule has 1 heterocycles. The van der Waals surface area contributed by atoms with Crippen LogP contribution in [0.4, 0.5) is 17.1 Å². The van der Waals surface area contributed by atoms with Crippen LogP contribution in [0.15, 0.2) is 192 Å². The van der Waals surface area contributed by atoms with Crippen molar-refractivity contribution in [2.45, 2.75) is 0 Å². The molecule has 0 atom stereocenters. The Labute approximate surface area is 279 Å². The van der Waals surface area contributed by atoms with Gasteiger partial charge >= 0.3 is 0 Å². The first kappa shape index (κ1) is 27.9. The number of benzene rings is 8. The van der Waals surface area contributed by atoms with Gasteiger partial charge in [-0.2, -0.15) is 0 Å². The summed E-state index contributed by atoms with van der Waals surface area (Å²) in [7, 11) is 0. The molecule has 0 aliphatic heterocycles. The standard InChI is InChI=1S/C46H31NO/c1-2-12-34(13-3-1)41-19-6-8-22-44(41)47(38-28-29-43-42-20-7-9-23-45(42)48-46(43)31-38)37-26-24-32(25-27-37)35-16-10-17-36(30-35)40-21-11-15-33-14-4-5-18-39(33)40/h1-31H. The molecule has 0 amide bonds. The van der Waals surface area contributed by atoms with Gasteiger partial charge in [-0.05, 0) is 81.1 Å². The number of fused-ring (bicyclic) bond motifs is 4. The molecule has 0 aliphatic rings. The number of para-hydroxylation sites is 2.